The van der Waals surface area contributed by atoms with Crippen LogP contribution in [-0.4, -0.2) is 54.6 Å². The van der Waals surface area contributed by atoms with Gasteiger partial charge < -0.3 is 19.5 Å². The largest absolute Gasteiger partial charge is 0.378 e. The maximum atomic E-state index is 12.6. The van der Waals surface area contributed by atoms with Gasteiger partial charge in [-0.05, 0) is 12.1 Å². The minimum absolute atomic E-state index is 0.0231. The predicted molar refractivity (Wildman–Crippen MR) is 97.0 cm³/mol. The third-order valence-corrected chi connectivity index (χ3v) is 4.38. The number of morpholine rings is 1. The molecule has 0 unspecified atom stereocenters. The van der Waals surface area contributed by atoms with Gasteiger partial charge in [0.05, 0.1) is 13.2 Å². The van der Waals surface area contributed by atoms with Crippen molar-refractivity contribution in [1.82, 2.24) is 14.8 Å². The Kier molecular flexibility index (Phi) is 5.34. The summed E-state index contributed by atoms with van der Waals surface area (Å²) >= 11 is 0. The molecule has 1 aromatic carbocycles. The number of benzene rings is 1. The van der Waals surface area contributed by atoms with E-state index in [0.717, 1.165) is 16.5 Å². The number of carbonyl (C=O) groups excluding carboxylic acids is 2. The number of hydrogen-bond donors (Lipinski definition) is 1. The molecule has 1 aliphatic rings. The highest BCUT2D eigenvalue weighted by atomic mass is 16.5. The first kappa shape index (κ1) is 17.7. The van der Waals surface area contributed by atoms with Crippen molar-refractivity contribution >= 4 is 28.8 Å². The van der Waals surface area contributed by atoms with Crippen molar-refractivity contribution in [2.75, 3.05) is 33.4 Å². The van der Waals surface area contributed by atoms with Crippen LogP contribution in [0, 0.1) is 11.3 Å². The lowest BCUT2D eigenvalue weighted by molar-refractivity contribution is -0.135. The quantitative estimate of drug-likeness (QED) is 0.661. The maximum Gasteiger partial charge on any atom is 0.261 e. The summed E-state index contributed by atoms with van der Waals surface area (Å²) in [6.45, 7) is 2.52. The molecule has 2 heterocycles. The molecule has 2 amide bonds. The molecule has 0 atom stereocenters. The summed E-state index contributed by atoms with van der Waals surface area (Å²) in [5.74, 6) is -0.412. The molecule has 7 nitrogen and oxygen atoms in total. The van der Waals surface area contributed by atoms with E-state index in [9.17, 15) is 14.9 Å². The first-order valence-corrected chi connectivity index (χ1v) is 8.41. The second-order valence-electron chi connectivity index (χ2n) is 5.97. The molecule has 26 heavy (non-hydrogen) atoms. The van der Waals surface area contributed by atoms with Crippen molar-refractivity contribution in [3.8, 4) is 6.07 Å². The number of rotatable bonds is 4. The summed E-state index contributed by atoms with van der Waals surface area (Å²) in [6, 6.07) is 9.54. The summed E-state index contributed by atoms with van der Waals surface area (Å²) < 4.78 is 7.15. The Hall–Kier alpha value is -3.11. The molecular weight excluding hydrogens is 332 g/mol. The highest BCUT2D eigenvalue weighted by Crippen LogP contribution is 2.24. The number of hydrogen-bond acceptors (Lipinski definition) is 4. The van der Waals surface area contributed by atoms with Gasteiger partial charge >= 0.3 is 0 Å². The topological polar surface area (TPSA) is 87.4 Å². The van der Waals surface area contributed by atoms with Crippen LogP contribution in [0.2, 0.25) is 0 Å². The zero-order chi connectivity index (χ0) is 18.5. The van der Waals surface area contributed by atoms with E-state index in [-0.39, 0.29) is 18.0 Å². The van der Waals surface area contributed by atoms with Crippen molar-refractivity contribution in [1.29, 1.82) is 5.26 Å². The Morgan fingerprint density at radius 1 is 1.31 bits per heavy atom. The van der Waals surface area contributed by atoms with Crippen LogP contribution in [0.15, 0.2) is 36.0 Å². The van der Waals surface area contributed by atoms with Gasteiger partial charge in [0.25, 0.3) is 5.91 Å². The van der Waals surface area contributed by atoms with Crippen LogP contribution in [-0.2, 0) is 20.9 Å². The monoisotopic (exact) mass is 352 g/mol. The van der Waals surface area contributed by atoms with Crippen molar-refractivity contribution in [2.45, 2.75) is 6.54 Å². The van der Waals surface area contributed by atoms with E-state index in [1.165, 1.54) is 7.05 Å². The Morgan fingerprint density at radius 2 is 2.04 bits per heavy atom. The van der Waals surface area contributed by atoms with Crippen LogP contribution in [0.4, 0.5) is 0 Å². The zero-order valence-electron chi connectivity index (χ0n) is 14.6. The lowest BCUT2D eigenvalue weighted by atomic mass is 10.1. The second kappa shape index (κ2) is 7.85. The van der Waals surface area contributed by atoms with Crippen LogP contribution in [0.25, 0.3) is 17.0 Å². The van der Waals surface area contributed by atoms with Crippen LogP contribution in [0.5, 0.6) is 0 Å². The van der Waals surface area contributed by atoms with Gasteiger partial charge in [-0.1, -0.05) is 18.2 Å². The van der Waals surface area contributed by atoms with Crippen molar-refractivity contribution in [3.63, 3.8) is 0 Å². The molecule has 0 spiro atoms. The molecule has 1 fully saturated rings. The summed E-state index contributed by atoms with van der Waals surface area (Å²) in [5.41, 5.74) is 1.64. The molecule has 2 aromatic rings. The van der Waals surface area contributed by atoms with Crippen LogP contribution in [0.3, 0.4) is 0 Å². The molecule has 1 aliphatic heterocycles. The molecule has 0 bridgehead atoms. The number of aromatic nitrogens is 1. The average Bonchev–Trinajstić information content (AvgIpc) is 3.03. The second-order valence-corrected chi connectivity index (χ2v) is 5.97. The first-order valence-electron chi connectivity index (χ1n) is 8.41. The number of amides is 2. The molecule has 1 aromatic heterocycles. The Morgan fingerprint density at radius 3 is 2.73 bits per heavy atom. The van der Waals surface area contributed by atoms with E-state index in [2.05, 4.69) is 5.32 Å². The van der Waals surface area contributed by atoms with Gasteiger partial charge in [-0.15, -0.1) is 0 Å². The molecule has 0 aliphatic carbocycles. The zero-order valence-corrected chi connectivity index (χ0v) is 14.6. The molecule has 1 N–H and O–H groups in total. The first-order chi connectivity index (χ1) is 12.6. The van der Waals surface area contributed by atoms with Gasteiger partial charge in [0.2, 0.25) is 5.91 Å². The van der Waals surface area contributed by atoms with E-state index < -0.39 is 5.91 Å². The summed E-state index contributed by atoms with van der Waals surface area (Å²) in [7, 11) is 1.48. The normalized spacial score (nSPS) is 14.9. The number of carbonyl (C=O) groups is 2. The third kappa shape index (κ3) is 3.60. The minimum Gasteiger partial charge on any atom is -0.378 e. The molecule has 3 rings (SSSR count). The van der Waals surface area contributed by atoms with Crippen LogP contribution in [0.1, 0.15) is 5.56 Å². The van der Waals surface area contributed by atoms with Crippen molar-refractivity contribution in [2.24, 2.45) is 0 Å². The number of nitrogens with one attached hydrogen (secondary N) is 1. The number of para-hydroxylation sites is 1. The number of nitriles is 1. The molecule has 0 saturated carbocycles. The highest BCUT2D eigenvalue weighted by Gasteiger charge is 2.18. The van der Waals surface area contributed by atoms with E-state index in [1.807, 2.05) is 41.1 Å². The lowest BCUT2D eigenvalue weighted by Crippen LogP contribution is -2.42. The van der Waals surface area contributed by atoms with Crippen molar-refractivity contribution in [3.05, 3.63) is 41.6 Å². The van der Waals surface area contributed by atoms with Gasteiger partial charge in [0.15, 0.2) is 0 Å². The Balaban J connectivity index is 1.95. The SMILES string of the molecule is CNC(=O)/C(C#N)=C\c1cn(CC(=O)N2CCOCC2)c2ccccc12. The van der Waals surface area contributed by atoms with Gasteiger partial charge in [0, 0.05) is 42.8 Å². The number of fused-ring (bicyclic) bond motifs is 1. The third-order valence-electron chi connectivity index (χ3n) is 4.38. The average molecular weight is 352 g/mol. The summed E-state index contributed by atoms with van der Waals surface area (Å²) in [4.78, 5) is 26.2. The molecule has 7 heteroatoms. The minimum atomic E-state index is -0.436. The van der Waals surface area contributed by atoms with E-state index in [0.29, 0.717) is 26.3 Å². The van der Waals surface area contributed by atoms with Gasteiger partial charge in [-0.2, -0.15) is 5.26 Å². The Bertz CT molecular complexity index is 901. The van der Waals surface area contributed by atoms with Crippen LogP contribution >= 0.6 is 0 Å². The lowest BCUT2D eigenvalue weighted by Gasteiger charge is -2.27. The van der Waals surface area contributed by atoms with Crippen LogP contribution < -0.4 is 5.32 Å². The molecule has 1 saturated heterocycles. The van der Waals surface area contributed by atoms with Gasteiger partial charge in [-0.3, -0.25) is 9.59 Å². The van der Waals surface area contributed by atoms with E-state index >= 15 is 0 Å². The van der Waals surface area contributed by atoms with Gasteiger partial charge in [-0.25, -0.2) is 0 Å². The summed E-state index contributed by atoms with van der Waals surface area (Å²) in [5, 5.41) is 12.6. The van der Waals surface area contributed by atoms with Gasteiger partial charge in [0.1, 0.15) is 18.2 Å². The standard InChI is InChI=1S/C19H20N4O3/c1-21-19(25)14(11-20)10-15-12-23(17-5-3-2-4-16(15)17)13-18(24)22-6-8-26-9-7-22/h2-5,10,12H,6-9,13H2,1H3,(H,21,25)/b14-10-. The fraction of sp³-hybridized carbons (Fsp3) is 0.316. The molecule has 0 radical (unpaired) electrons. The van der Waals surface area contributed by atoms with Crippen molar-refractivity contribution < 1.29 is 14.3 Å². The van der Waals surface area contributed by atoms with E-state index in [4.69, 9.17) is 4.74 Å². The number of ether oxygens (including phenoxy) is 1. The fourth-order valence-corrected chi connectivity index (χ4v) is 3.02. The summed E-state index contributed by atoms with van der Waals surface area (Å²) in [6.07, 6.45) is 3.36. The molecular formula is C19H20N4O3. The Labute approximate surface area is 151 Å². The maximum absolute atomic E-state index is 12.6. The van der Waals surface area contributed by atoms with E-state index in [1.54, 1.807) is 11.0 Å². The smallest absolute Gasteiger partial charge is 0.261 e. The number of likely N-dealkylation sites (N-methyl/N-ethyl adjacent to an activating group) is 1. The predicted octanol–water partition coefficient (Wildman–Crippen LogP) is 1.15. The fourth-order valence-electron chi connectivity index (χ4n) is 3.02. The highest BCUT2D eigenvalue weighted by molar-refractivity contribution is 6.04. The number of nitrogens with zero attached hydrogens (tertiary/aromatic N) is 3. The molecule has 134 valence electrons.